The summed E-state index contributed by atoms with van der Waals surface area (Å²) in [6.45, 7) is 0.548. The van der Waals surface area contributed by atoms with E-state index in [0.29, 0.717) is 24.0 Å². The number of para-hydroxylation sites is 2. The molecule has 0 aliphatic rings. The molecule has 0 atom stereocenters. The summed E-state index contributed by atoms with van der Waals surface area (Å²) in [6, 6.07) is 9.50. The number of benzene rings is 1. The molecule has 3 aromatic heterocycles. The number of aromatic nitrogens is 6. The highest BCUT2D eigenvalue weighted by atomic mass is 16.5. The number of rotatable bonds is 5. The zero-order chi connectivity index (χ0) is 17.2. The van der Waals surface area contributed by atoms with Crippen molar-refractivity contribution in [1.82, 2.24) is 29.4 Å². The van der Waals surface area contributed by atoms with E-state index in [0.717, 1.165) is 17.0 Å². The van der Waals surface area contributed by atoms with E-state index in [2.05, 4.69) is 25.6 Å². The number of nitrogens with one attached hydrogen (secondary N) is 1. The third-order valence-corrected chi connectivity index (χ3v) is 3.76. The Morgan fingerprint density at radius 1 is 1.28 bits per heavy atom. The van der Waals surface area contributed by atoms with Gasteiger partial charge in [0.2, 0.25) is 5.95 Å². The fourth-order valence-corrected chi connectivity index (χ4v) is 2.54. The third-order valence-electron chi connectivity index (χ3n) is 3.76. The molecule has 0 aliphatic heterocycles. The van der Waals surface area contributed by atoms with Crippen LogP contribution in [0.1, 0.15) is 5.56 Å². The van der Waals surface area contributed by atoms with Crippen molar-refractivity contribution in [2.45, 2.75) is 6.54 Å². The van der Waals surface area contributed by atoms with Crippen LogP contribution in [-0.4, -0.2) is 36.5 Å². The van der Waals surface area contributed by atoms with Gasteiger partial charge in [-0.05, 0) is 12.1 Å². The van der Waals surface area contributed by atoms with Crippen molar-refractivity contribution in [3.8, 4) is 11.4 Å². The monoisotopic (exact) mass is 336 g/mol. The van der Waals surface area contributed by atoms with Crippen LogP contribution in [0, 0.1) is 0 Å². The molecule has 0 saturated carbocycles. The molecule has 25 heavy (non-hydrogen) atoms. The Labute approximate surface area is 143 Å². The molecule has 3 N–H and O–H groups in total. The Kier molecular flexibility index (Phi) is 3.65. The predicted octanol–water partition coefficient (Wildman–Crippen LogP) is 1.51. The molecule has 9 heteroatoms. The van der Waals surface area contributed by atoms with Crippen LogP contribution in [0.4, 0.5) is 11.8 Å². The van der Waals surface area contributed by atoms with Gasteiger partial charge in [-0.1, -0.05) is 12.1 Å². The van der Waals surface area contributed by atoms with E-state index in [4.69, 9.17) is 10.5 Å². The van der Waals surface area contributed by atoms with Crippen LogP contribution < -0.4 is 15.8 Å². The summed E-state index contributed by atoms with van der Waals surface area (Å²) in [5, 5.41) is 15.4. The Morgan fingerprint density at radius 3 is 3.04 bits per heavy atom. The first-order valence-corrected chi connectivity index (χ1v) is 7.61. The van der Waals surface area contributed by atoms with Crippen molar-refractivity contribution in [2.24, 2.45) is 0 Å². The molecule has 4 rings (SSSR count). The second kappa shape index (κ2) is 6.11. The maximum absolute atomic E-state index is 5.88. The van der Waals surface area contributed by atoms with Crippen LogP contribution in [0.3, 0.4) is 0 Å². The van der Waals surface area contributed by atoms with Gasteiger partial charge in [-0.25, -0.2) is 4.68 Å². The van der Waals surface area contributed by atoms with Gasteiger partial charge in [0, 0.05) is 24.4 Å². The molecule has 0 radical (unpaired) electrons. The molecule has 0 amide bonds. The summed E-state index contributed by atoms with van der Waals surface area (Å²) in [5.41, 5.74) is 8.39. The summed E-state index contributed by atoms with van der Waals surface area (Å²) in [7, 11) is 1.64. The van der Waals surface area contributed by atoms with Crippen molar-refractivity contribution in [3.05, 3.63) is 54.6 Å². The SMILES string of the molecule is COc1ccccc1-n1cc(CNc2cc3nncn3c(N)n2)cn1. The minimum absolute atomic E-state index is 0.328. The average molecular weight is 336 g/mol. The highest BCUT2D eigenvalue weighted by Gasteiger charge is 2.08. The Bertz CT molecular complexity index is 1020. The third kappa shape index (κ3) is 2.82. The molecule has 0 unspecified atom stereocenters. The second-order valence-electron chi connectivity index (χ2n) is 5.38. The maximum Gasteiger partial charge on any atom is 0.209 e. The molecule has 0 saturated heterocycles. The van der Waals surface area contributed by atoms with Gasteiger partial charge >= 0.3 is 0 Å². The fourth-order valence-electron chi connectivity index (χ4n) is 2.54. The fraction of sp³-hybridized carbons (Fsp3) is 0.125. The van der Waals surface area contributed by atoms with Crippen LogP contribution >= 0.6 is 0 Å². The summed E-state index contributed by atoms with van der Waals surface area (Å²) in [5.74, 6) is 1.72. The molecule has 0 spiro atoms. The number of nitrogen functional groups attached to an aromatic ring is 1. The topological polar surface area (TPSA) is 108 Å². The molecule has 1 aromatic carbocycles. The first-order chi connectivity index (χ1) is 12.2. The zero-order valence-electron chi connectivity index (χ0n) is 13.5. The summed E-state index contributed by atoms with van der Waals surface area (Å²) < 4.78 is 8.76. The second-order valence-corrected chi connectivity index (χ2v) is 5.38. The Balaban J connectivity index is 1.53. The van der Waals surface area contributed by atoms with Gasteiger partial charge in [-0.15, -0.1) is 10.2 Å². The van der Waals surface area contributed by atoms with E-state index >= 15 is 0 Å². The minimum Gasteiger partial charge on any atom is -0.494 e. The van der Waals surface area contributed by atoms with Crippen LogP contribution in [0.5, 0.6) is 5.75 Å². The smallest absolute Gasteiger partial charge is 0.209 e. The van der Waals surface area contributed by atoms with Gasteiger partial charge in [0.25, 0.3) is 0 Å². The molecule has 4 aromatic rings. The average Bonchev–Trinajstić information content (AvgIpc) is 3.29. The van der Waals surface area contributed by atoms with E-state index in [-0.39, 0.29) is 0 Å². The number of nitrogens with two attached hydrogens (primary N) is 1. The minimum atomic E-state index is 0.328. The number of hydrogen-bond donors (Lipinski definition) is 2. The van der Waals surface area contributed by atoms with Gasteiger partial charge in [-0.3, -0.25) is 4.40 Å². The molecule has 9 nitrogen and oxygen atoms in total. The van der Waals surface area contributed by atoms with Crippen molar-refractivity contribution >= 4 is 17.4 Å². The van der Waals surface area contributed by atoms with Gasteiger partial charge < -0.3 is 15.8 Å². The lowest BCUT2D eigenvalue weighted by molar-refractivity contribution is 0.411. The number of anilines is 2. The van der Waals surface area contributed by atoms with E-state index in [1.807, 2.05) is 30.5 Å². The van der Waals surface area contributed by atoms with Crippen molar-refractivity contribution in [3.63, 3.8) is 0 Å². The van der Waals surface area contributed by atoms with Gasteiger partial charge in [-0.2, -0.15) is 10.1 Å². The van der Waals surface area contributed by atoms with Gasteiger partial charge in [0.15, 0.2) is 5.65 Å². The molecule has 3 heterocycles. The molecule has 126 valence electrons. The van der Waals surface area contributed by atoms with E-state index in [1.54, 1.807) is 28.5 Å². The number of nitrogens with zero attached hydrogens (tertiary/aromatic N) is 6. The first-order valence-electron chi connectivity index (χ1n) is 7.61. The van der Waals surface area contributed by atoms with Crippen molar-refractivity contribution in [1.29, 1.82) is 0 Å². The summed E-state index contributed by atoms with van der Waals surface area (Å²) in [4.78, 5) is 4.28. The van der Waals surface area contributed by atoms with Gasteiger partial charge in [0.1, 0.15) is 23.6 Å². The number of methoxy groups -OCH3 is 1. The standard InChI is InChI=1S/C16H16N8O/c1-25-13-5-3-2-4-12(13)24-9-11(8-20-24)7-18-14-6-15-22-19-10-23(15)16(17)21-14/h2-6,8-10,18H,7H2,1H3,(H2,17,21). The van der Waals surface area contributed by atoms with E-state index in [9.17, 15) is 0 Å². The Hall–Kier alpha value is -3.62. The lowest BCUT2D eigenvalue weighted by Gasteiger charge is -2.07. The summed E-state index contributed by atoms with van der Waals surface area (Å²) in [6.07, 6.45) is 5.25. The first kappa shape index (κ1) is 14.9. The number of fused-ring (bicyclic) bond motifs is 1. The van der Waals surface area contributed by atoms with Crippen LogP contribution in [0.15, 0.2) is 49.1 Å². The highest BCUT2D eigenvalue weighted by Crippen LogP contribution is 2.21. The quantitative estimate of drug-likeness (QED) is 0.568. The molecular weight excluding hydrogens is 320 g/mol. The summed E-state index contributed by atoms with van der Waals surface area (Å²) >= 11 is 0. The van der Waals surface area contributed by atoms with Crippen LogP contribution in [0.25, 0.3) is 11.3 Å². The van der Waals surface area contributed by atoms with Crippen molar-refractivity contribution in [2.75, 3.05) is 18.2 Å². The number of ether oxygens (including phenoxy) is 1. The molecule has 0 fully saturated rings. The largest absolute Gasteiger partial charge is 0.494 e. The predicted molar refractivity (Wildman–Crippen MR) is 92.6 cm³/mol. The van der Waals surface area contributed by atoms with E-state index < -0.39 is 0 Å². The van der Waals surface area contributed by atoms with Crippen molar-refractivity contribution < 1.29 is 4.74 Å². The highest BCUT2D eigenvalue weighted by molar-refractivity contribution is 5.53. The van der Waals surface area contributed by atoms with Crippen LogP contribution in [-0.2, 0) is 6.54 Å². The lowest BCUT2D eigenvalue weighted by atomic mass is 10.3. The van der Waals surface area contributed by atoms with Gasteiger partial charge in [0.05, 0.1) is 13.3 Å². The Morgan fingerprint density at radius 2 is 2.16 bits per heavy atom. The van der Waals surface area contributed by atoms with E-state index in [1.165, 1.54) is 6.33 Å². The maximum atomic E-state index is 5.88. The van der Waals surface area contributed by atoms with Crippen LogP contribution in [0.2, 0.25) is 0 Å². The molecule has 0 aliphatic carbocycles. The number of hydrogen-bond acceptors (Lipinski definition) is 7. The lowest BCUT2D eigenvalue weighted by Crippen LogP contribution is -2.06. The molecule has 0 bridgehead atoms. The zero-order valence-corrected chi connectivity index (χ0v) is 13.5. The molecular formula is C16H16N8O. The normalized spacial score (nSPS) is 10.9.